The molecule has 14 heteroatoms. The molecule has 3 aromatic heterocycles. The Morgan fingerprint density at radius 2 is 0.951 bits per heavy atom. The molecule has 7 rings (SSSR count). The summed E-state index contributed by atoms with van der Waals surface area (Å²) in [5.74, 6) is 3.63. The van der Waals surface area contributed by atoms with Crippen LogP contribution in [0, 0.1) is 44.4 Å². The maximum absolute atomic E-state index is 14.2. The van der Waals surface area contributed by atoms with E-state index < -0.39 is 0 Å². The molecule has 5 unspecified atom stereocenters. The van der Waals surface area contributed by atoms with Crippen molar-refractivity contribution < 1.29 is 9.59 Å². The Balaban J connectivity index is 1.00. The third-order valence-electron chi connectivity index (χ3n) is 18.7. The zero-order valence-corrected chi connectivity index (χ0v) is 53.0. The van der Waals surface area contributed by atoms with Crippen LogP contribution < -0.4 is 53.3 Å². The van der Waals surface area contributed by atoms with Crippen molar-refractivity contribution in [1.82, 2.24) is 56.7 Å². The molecule has 4 aliphatic rings. The Bertz CT molecular complexity index is 2810. The van der Waals surface area contributed by atoms with Gasteiger partial charge >= 0.3 is 0 Å². The van der Waals surface area contributed by atoms with Gasteiger partial charge in [0, 0.05) is 71.8 Å². The fourth-order valence-corrected chi connectivity index (χ4v) is 12.9. The van der Waals surface area contributed by atoms with Crippen molar-refractivity contribution in [3.05, 3.63) is 77.3 Å². The first kappa shape index (κ1) is 65.0. The lowest BCUT2D eigenvalue weighted by atomic mass is 9.96. The highest BCUT2D eigenvalue weighted by Crippen LogP contribution is 2.38. The third kappa shape index (κ3) is 18.7. The van der Waals surface area contributed by atoms with Crippen LogP contribution in [0.4, 0.5) is 0 Å². The number of hydrogen-bond acceptors (Lipinski definition) is 9. The zero-order chi connectivity index (χ0) is 58.4. The quantitative estimate of drug-likeness (QED) is 0.0292. The standard InChI is InChI=1S/C68H112N12O2/c1-11-55-47(7)59-39-60-49(9)57(25-27-67(81)79(15-5)35-23-21-33-73-45-53-37-51(53)43-71-31-19-17-29-69-13-3)65(77-60)42-66-58(50(10)62(78-66)41-64-56(12-2)48(8)61(76-64)40-63(55)75-59)26-28-68(82)80(16-6)36-24-22-34-74-46-54-38-52(54)44-72-32-20-18-30-70-14-4/h39-42,51-54,65,69-76,78H,11-38,43-46H2,1-10H3/b59-39?,62-41-,63-40?,66-42?. The molecule has 0 aromatic carbocycles. The molecular weight excluding hydrogens is 1020 g/mol. The van der Waals surface area contributed by atoms with Gasteiger partial charge in [-0.2, -0.15) is 0 Å². The second-order valence-electron chi connectivity index (χ2n) is 24.4. The van der Waals surface area contributed by atoms with Crippen LogP contribution in [0.2, 0.25) is 0 Å². The number of allylic oxidation sites excluding steroid dienone is 1. The van der Waals surface area contributed by atoms with Gasteiger partial charge in [-0.05, 0) is 302 Å². The van der Waals surface area contributed by atoms with Crippen molar-refractivity contribution in [2.45, 2.75) is 178 Å². The molecule has 0 radical (unpaired) electrons. The second kappa shape index (κ2) is 33.8. The summed E-state index contributed by atoms with van der Waals surface area (Å²) in [5, 5.41) is 25.9. The zero-order valence-electron chi connectivity index (χ0n) is 53.0. The van der Waals surface area contributed by atoms with Crippen molar-refractivity contribution in [2.75, 3.05) is 105 Å². The Morgan fingerprint density at radius 3 is 1.45 bits per heavy atom. The first-order valence-electron chi connectivity index (χ1n) is 33.0. The van der Waals surface area contributed by atoms with Crippen LogP contribution in [0.1, 0.15) is 177 Å². The summed E-state index contributed by atoms with van der Waals surface area (Å²) in [4.78, 5) is 49.5. The minimum atomic E-state index is -0.257. The number of aromatic amines is 3. The van der Waals surface area contributed by atoms with E-state index in [4.69, 9.17) is 4.99 Å². The van der Waals surface area contributed by atoms with E-state index in [-0.39, 0.29) is 17.9 Å². The molecule has 2 fully saturated rings. The number of nitrogens with one attached hydrogen (secondary N) is 9. The minimum Gasteiger partial charge on any atom is -0.355 e. The summed E-state index contributed by atoms with van der Waals surface area (Å²) < 4.78 is 0. The summed E-state index contributed by atoms with van der Waals surface area (Å²) in [6.45, 7) is 38.0. The van der Waals surface area contributed by atoms with Gasteiger partial charge in [0.1, 0.15) is 0 Å². The molecule has 14 nitrogen and oxygen atoms in total. The maximum atomic E-state index is 14.2. The highest BCUT2D eigenvalue weighted by molar-refractivity contribution is 6.22. The van der Waals surface area contributed by atoms with E-state index in [1.807, 2.05) is 0 Å². The molecule has 2 saturated carbocycles. The molecule has 456 valence electrons. The number of amides is 2. The summed E-state index contributed by atoms with van der Waals surface area (Å²) in [7, 11) is 0. The fraction of sp³-hybridized carbons (Fsp3) is 0.691. The highest BCUT2D eigenvalue weighted by atomic mass is 16.2. The van der Waals surface area contributed by atoms with Gasteiger partial charge in [-0.25, -0.2) is 0 Å². The van der Waals surface area contributed by atoms with Gasteiger partial charge in [-0.15, -0.1) is 0 Å². The van der Waals surface area contributed by atoms with E-state index in [1.165, 1.54) is 66.4 Å². The number of carbonyl (C=O) groups is 2. The average Bonchev–Trinajstić information content (AvgIpc) is 4.39. The van der Waals surface area contributed by atoms with Crippen molar-refractivity contribution in [3.63, 3.8) is 0 Å². The van der Waals surface area contributed by atoms with Gasteiger partial charge in [-0.1, -0.05) is 27.7 Å². The largest absolute Gasteiger partial charge is 0.355 e. The molecule has 82 heavy (non-hydrogen) atoms. The predicted octanol–water partition coefficient (Wildman–Crippen LogP) is 6.47. The monoisotopic (exact) mass is 1130 g/mol. The molecular formula is C68H112N12O2. The van der Waals surface area contributed by atoms with Gasteiger partial charge in [-0.3, -0.25) is 14.6 Å². The number of fused-ring (bicyclic) bond motifs is 7. The van der Waals surface area contributed by atoms with Crippen LogP contribution in [0.5, 0.6) is 0 Å². The summed E-state index contributed by atoms with van der Waals surface area (Å²) in [6.07, 6.45) is 24.8. The van der Waals surface area contributed by atoms with E-state index >= 15 is 0 Å². The van der Waals surface area contributed by atoms with Crippen LogP contribution in [-0.4, -0.2) is 153 Å². The van der Waals surface area contributed by atoms with Gasteiger partial charge < -0.3 is 56.7 Å². The van der Waals surface area contributed by atoms with Gasteiger partial charge in [0.25, 0.3) is 0 Å². The molecule has 2 aliphatic heterocycles. The first-order valence-corrected chi connectivity index (χ1v) is 33.0. The van der Waals surface area contributed by atoms with E-state index in [2.05, 4.69) is 150 Å². The topological polar surface area (TPSA) is 173 Å². The SMILES string of the molecule is CCNCCCCNCC1CC1CNCCCCN(CC)C(=O)CCC1=C(C)C2=NC1C=c1[nH]/c(c(C)c1CCC(=O)N(CC)CCCCNCC1CC1CNCCCCNCC)=C\c1[nH]c(c(C)c1CC)C=c1[nH]c(c(C)c1CC)=C2. The lowest BCUT2D eigenvalue weighted by molar-refractivity contribution is -0.131. The second-order valence-corrected chi connectivity index (χ2v) is 24.4. The number of rotatable bonds is 40. The molecule has 5 atom stereocenters. The minimum absolute atomic E-state index is 0.209. The van der Waals surface area contributed by atoms with Gasteiger partial charge in [0.2, 0.25) is 11.8 Å². The Morgan fingerprint density at radius 1 is 0.500 bits per heavy atom. The summed E-state index contributed by atoms with van der Waals surface area (Å²) >= 11 is 0. The molecule has 9 N–H and O–H groups in total. The third-order valence-corrected chi connectivity index (χ3v) is 18.7. The molecule has 0 spiro atoms. The van der Waals surface area contributed by atoms with Crippen LogP contribution in [-0.2, 0) is 28.9 Å². The van der Waals surface area contributed by atoms with Crippen LogP contribution in [0.25, 0.3) is 24.3 Å². The summed E-state index contributed by atoms with van der Waals surface area (Å²) in [6, 6.07) is -0.257. The Kier molecular flexibility index (Phi) is 26.8. The van der Waals surface area contributed by atoms with Gasteiger partial charge in [0.15, 0.2) is 0 Å². The normalized spacial score (nSPS) is 19.4. The van der Waals surface area contributed by atoms with E-state index in [9.17, 15) is 9.59 Å². The number of aliphatic imine (C=N–C) groups is 1. The molecule has 2 aliphatic carbocycles. The number of aromatic nitrogens is 3. The number of carbonyl (C=O) groups excluding carboxylic acids is 2. The molecule has 5 heterocycles. The van der Waals surface area contributed by atoms with Crippen molar-refractivity contribution in [2.24, 2.45) is 28.7 Å². The molecule has 8 bridgehead atoms. The van der Waals surface area contributed by atoms with E-state index in [0.29, 0.717) is 38.8 Å². The van der Waals surface area contributed by atoms with Crippen molar-refractivity contribution in [1.29, 1.82) is 0 Å². The number of nitrogens with zero attached hydrogens (tertiary/aromatic N) is 3. The number of hydrogen-bond donors (Lipinski definition) is 9. The smallest absolute Gasteiger partial charge is 0.222 e. The number of unbranched alkanes of at least 4 members (excludes halogenated alkanes) is 4. The first-order chi connectivity index (χ1) is 39.9. The Labute approximate surface area is 494 Å². The van der Waals surface area contributed by atoms with Crippen LogP contribution in [0.3, 0.4) is 0 Å². The van der Waals surface area contributed by atoms with Crippen molar-refractivity contribution in [3.8, 4) is 0 Å². The number of H-pyrrole nitrogens is 3. The van der Waals surface area contributed by atoms with E-state index in [0.717, 1.165) is 209 Å². The maximum Gasteiger partial charge on any atom is 0.222 e. The van der Waals surface area contributed by atoms with Crippen LogP contribution >= 0.6 is 0 Å². The highest BCUT2D eigenvalue weighted by Gasteiger charge is 2.36. The van der Waals surface area contributed by atoms with E-state index in [1.54, 1.807) is 0 Å². The summed E-state index contributed by atoms with van der Waals surface area (Å²) in [5.41, 5.74) is 13.0. The predicted molar refractivity (Wildman–Crippen MR) is 345 cm³/mol. The fourth-order valence-electron chi connectivity index (χ4n) is 12.9. The molecule has 0 saturated heterocycles. The van der Waals surface area contributed by atoms with Gasteiger partial charge in [0.05, 0.1) is 11.8 Å². The lowest BCUT2D eigenvalue weighted by Crippen LogP contribution is -2.33. The average molecular weight is 1130 g/mol. The molecule has 2 amide bonds. The molecule has 3 aromatic rings. The lowest BCUT2D eigenvalue weighted by Gasteiger charge is -2.22. The van der Waals surface area contributed by atoms with Crippen molar-refractivity contribution >= 4 is 41.8 Å². The Hall–Kier alpha value is -4.57. The van der Waals surface area contributed by atoms with Crippen LogP contribution in [0.15, 0.2) is 16.1 Å².